The van der Waals surface area contributed by atoms with E-state index in [9.17, 15) is 15.2 Å². The highest BCUT2D eigenvalue weighted by Crippen LogP contribution is 2.26. The number of thioether (sulfide) groups is 1. The zero-order chi connectivity index (χ0) is 18.7. The highest BCUT2D eigenvalue weighted by atomic mass is 32.2. The number of aromatic hydroxyl groups is 1. The molecule has 9 nitrogen and oxygen atoms in total. The number of hydrogen-bond acceptors (Lipinski definition) is 8. The number of anilines is 1. The van der Waals surface area contributed by atoms with Crippen molar-refractivity contribution in [1.29, 1.82) is 0 Å². The molecule has 1 aromatic carbocycles. The van der Waals surface area contributed by atoms with Gasteiger partial charge in [0.05, 0.1) is 17.8 Å². The van der Waals surface area contributed by atoms with Crippen molar-refractivity contribution in [3.63, 3.8) is 0 Å². The van der Waals surface area contributed by atoms with Crippen LogP contribution >= 0.6 is 11.8 Å². The number of phenols is 1. The number of fused-ring (bicyclic) bond motifs is 1. The number of aromatic nitrogens is 4. The fourth-order valence-electron chi connectivity index (χ4n) is 2.43. The molecule has 3 N–H and O–H groups in total. The number of nitro groups is 1. The van der Waals surface area contributed by atoms with Gasteiger partial charge in [0.15, 0.2) is 16.6 Å². The maximum Gasteiger partial charge on any atom is 0.270 e. The minimum Gasteiger partial charge on any atom is -0.508 e. The molecule has 0 saturated heterocycles. The van der Waals surface area contributed by atoms with E-state index >= 15 is 0 Å². The summed E-state index contributed by atoms with van der Waals surface area (Å²) in [5.41, 5.74) is 7.29. The number of imidazole rings is 1. The fraction of sp³-hybridized carbons (Fsp3) is 0.312. The van der Waals surface area contributed by atoms with Crippen LogP contribution in [0.15, 0.2) is 29.7 Å². The molecule has 2 heterocycles. The average Bonchev–Trinajstić information content (AvgIpc) is 3.00. The van der Waals surface area contributed by atoms with Gasteiger partial charge in [-0.15, -0.1) is 0 Å². The Kier molecular flexibility index (Phi) is 5.21. The third kappa shape index (κ3) is 3.69. The SMILES string of the molecule is CCCCSc1nc(N)c2ncn(Cc3cc([N+](=O)[O-])ccc3O)c2n1. The molecule has 0 spiro atoms. The first-order valence-electron chi connectivity index (χ1n) is 8.07. The zero-order valence-electron chi connectivity index (χ0n) is 14.1. The molecule has 0 amide bonds. The summed E-state index contributed by atoms with van der Waals surface area (Å²) >= 11 is 1.52. The van der Waals surface area contributed by atoms with Gasteiger partial charge >= 0.3 is 0 Å². The van der Waals surface area contributed by atoms with Crippen LogP contribution in [0.5, 0.6) is 5.75 Å². The summed E-state index contributed by atoms with van der Waals surface area (Å²) in [6.07, 6.45) is 3.66. The topological polar surface area (TPSA) is 133 Å². The Balaban J connectivity index is 1.95. The predicted octanol–water partition coefficient (Wildman–Crippen LogP) is 2.96. The summed E-state index contributed by atoms with van der Waals surface area (Å²) in [5, 5.41) is 21.5. The number of nitrogen functional groups attached to an aromatic ring is 1. The molecule has 2 aromatic heterocycles. The molecule has 10 heteroatoms. The lowest BCUT2D eigenvalue weighted by molar-refractivity contribution is -0.384. The lowest BCUT2D eigenvalue weighted by Crippen LogP contribution is -2.03. The molecule has 0 aliphatic carbocycles. The number of unbranched alkanes of at least 4 members (excludes halogenated alkanes) is 1. The Morgan fingerprint density at radius 2 is 2.19 bits per heavy atom. The Labute approximate surface area is 153 Å². The van der Waals surface area contributed by atoms with E-state index in [1.165, 1.54) is 36.3 Å². The Hall–Kier alpha value is -2.88. The summed E-state index contributed by atoms with van der Waals surface area (Å²) in [4.78, 5) is 23.5. The summed E-state index contributed by atoms with van der Waals surface area (Å²) < 4.78 is 1.69. The number of hydrogen-bond donors (Lipinski definition) is 2. The number of nitro benzene ring substituents is 1. The van der Waals surface area contributed by atoms with Crippen LogP contribution in [-0.4, -0.2) is 35.3 Å². The number of nitrogens with zero attached hydrogens (tertiary/aromatic N) is 5. The third-order valence-corrected chi connectivity index (χ3v) is 4.75. The van der Waals surface area contributed by atoms with Crippen LogP contribution in [0.4, 0.5) is 11.5 Å². The molecule has 0 radical (unpaired) electrons. The van der Waals surface area contributed by atoms with Crippen LogP contribution in [0, 0.1) is 10.1 Å². The Morgan fingerprint density at radius 1 is 1.38 bits per heavy atom. The average molecular weight is 374 g/mol. The maximum atomic E-state index is 11.0. The van der Waals surface area contributed by atoms with Gasteiger partial charge in [0.25, 0.3) is 5.69 Å². The van der Waals surface area contributed by atoms with Gasteiger partial charge in [-0.25, -0.2) is 15.0 Å². The lowest BCUT2D eigenvalue weighted by atomic mass is 10.2. The minimum atomic E-state index is -0.502. The minimum absolute atomic E-state index is 0.0305. The monoisotopic (exact) mass is 374 g/mol. The van der Waals surface area contributed by atoms with Crippen molar-refractivity contribution in [3.8, 4) is 5.75 Å². The van der Waals surface area contributed by atoms with Gasteiger partial charge in [-0.05, 0) is 12.5 Å². The maximum absolute atomic E-state index is 11.0. The zero-order valence-corrected chi connectivity index (χ0v) is 14.9. The normalized spacial score (nSPS) is 11.1. The van der Waals surface area contributed by atoms with Crippen molar-refractivity contribution in [2.24, 2.45) is 0 Å². The first-order valence-corrected chi connectivity index (χ1v) is 9.05. The number of benzene rings is 1. The molecule has 0 unspecified atom stereocenters. The second-order valence-electron chi connectivity index (χ2n) is 5.71. The lowest BCUT2D eigenvalue weighted by Gasteiger charge is -2.07. The second kappa shape index (κ2) is 7.56. The van der Waals surface area contributed by atoms with Crippen molar-refractivity contribution < 1.29 is 10.0 Å². The van der Waals surface area contributed by atoms with Gasteiger partial charge in [0.2, 0.25) is 0 Å². The molecule has 0 atom stereocenters. The molecule has 3 aromatic rings. The van der Waals surface area contributed by atoms with Crippen LogP contribution in [0.3, 0.4) is 0 Å². The number of rotatable bonds is 7. The van der Waals surface area contributed by atoms with Gasteiger partial charge in [0.1, 0.15) is 11.3 Å². The summed E-state index contributed by atoms with van der Waals surface area (Å²) in [6, 6.07) is 3.90. The molecule has 0 bridgehead atoms. The largest absolute Gasteiger partial charge is 0.508 e. The van der Waals surface area contributed by atoms with E-state index < -0.39 is 4.92 Å². The van der Waals surface area contributed by atoms with E-state index in [0.717, 1.165) is 18.6 Å². The fourth-order valence-corrected chi connectivity index (χ4v) is 3.36. The van der Waals surface area contributed by atoms with Gasteiger partial charge in [-0.3, -0.25) is 10.1 Å². The Bertz CT molecular complexity index is 959. The van der Waals surface area contributed by atoms with Gasteiger partial charge in [-0.2, -0.15) is 0 Å². The summed E-state index contributed by atoms with van der Waals surface area (Å²) in [6.45, 7) is 2.29. The highest BCUT2D eigenvalue weighted by molar-refractivity contribution is 7.99. The molecule has 0 aliphatic rings. The smallest absolute Gasteiger partial charge is 0.270 e. The van der Waals surface area contributed by atoms with E-state index in [-0.39, 0.29) is 23.8 Å². The quantitative estimate of drug-likeness (QED) is 0.212. The molecular weight excluding hydrogens is 356 g/mol. The first-order chi connectivity index (χ1) is 12.5. The van der Waals surface area contributed by atoms with E-state index in [1.807, 2.05) is 0 Å². The molecule has 136 valence electrons. The second-order valence-corrected chi connectivity index (χ2v) is 6.77. The summed E-state index contributed by atoms with van der Waals surface area (Å²) in [5.74, 6) is 1.15. The Morgan fingerprint density at radius 3 is 2.92 bits per heavy atom. The molecule has 0 aliphatic heterocycles. The van der Waals surface area contributed by atoms with Crippen LogP contribution < -0.4 is 5.73 Å². The van der Waals surface area contributed by atoms with Gasteiger partial charge in [-0.1, -0.05) is 25.1 Å². The first kappa shape index (κ1) is 17.9. The van der Waals surface area contributed by atoms with E-state index in [2.05, 4.69) is 21.9 Å². The van der Waals surface area contributed by atoms with Crippen molar-refractivity contribution >= 4 is 34.4 Å². The number of phenolic OH excluding ortho intramolecular Hbond substituents is 1. The van der Waals surface area contributed by atoms with Gasteiger partial charge < -0.3 is 15.4 Å². The van der Waals surface area contributed by atoms with Crippen molar-refractivity contribution in [3.05, 3.63) is 40.2 Å². The molecule has 3 rings (SSSR count). The number of nitrogens with two attached hydrogens (primary N) is 1. The highest BCUT2D eigenvalue weighted by Gasteiger charge is 2.15. The predicted molar refractivity (Wildman–Crippen MR) is 99.2 cm³/mol. The molecule has 26 heavy (non-hydrogen) atoms. The molecular formula is C16H18N6O3S. The van der Waals surface area contributed by atoms with Crippen molar-refractivity contribution in [2.45, 2.75) is 31.5 Å². The van der Waals surface area contributed by atoms with Crippen LogP contribution in [0.25, 0.3) is 11.2 Å². The third-order valence-electron chi connectivity index (χ3n) is 3.81. The van der Waals surface area contributed by atoms with Crippen LogP contribution in [-0.2, 0) is 6.54 Å². The van der Waals surface area contributed by atoms with Crippen LogP contribution in [0.1, 0.15) is 25.3 Å². The summed E-state index contributed by atoms with van der Waals surface area (Å²) in [7, 11) is 0. The molecule has 0 saturated carbocycles. The number of non-ortho nitro benzene ring substituents is 1. The van der Waals surface area contributed by atoms with Crippen LogP contribution in [0.2, 0.25) is 0 Å². The van der Waals surface area contributed by atoms with E-state index in [1.54, 1.807) is 4.57 Å². The molecule has 0 fully saturated rings. The van der Waals surface area contributed by atoms with Crippen molar-refractivity contribution in [2.75, 3.05) is 11.5 Å². The van der Waals surface area contributed by atoms with E-state index in [0.29, 0.717) is 21.9 Å². The van der Waals surface area contributed by atoms with E-state index in [4.69, 9.17) is 5.73 Å². The standard InChI is InChI=1S/C16H18N6O3S/c1-2-3-6-26-16-19-14(17)13-15(20-16)21(9-18-13)8-10-7-11(22(24)25)4-5-12(10)23/h4-5,7,9,23H,2-3,6,8H2,1H3,(H2,17,19,20). The van der Waals surface area contributed by atoms with Gasteiger partial charge in [0, 0.05) is 23.4 Å². The van der Waals surface area contributed by atoms with Crippen molar-refractivity contribution in [1.82, 2.24) is 19.5 Å².